The maximum atomic E-state index is 13.8. The molecule has 1 amide bonds. The van der Waals surface area contributed by atoms with Crippen molar-refractivity contribution in [3.8, 4) is 11.5 Å². The molecule has 2 heterocycles. The topological polar surface area (TPSA) is 89.0 Å². The van der Waals surface area contributed by atoms with Gasteiger partial charge in [-0.05, 0) is 74.0 Å². The number of amides is 1. The van der Waals surface area contributed by atoms with Gasteiger partial charge in [-0.25, -0.2) is 9.37 Å². The van der Waals surface area contributed by atoms with E-state index in [0.29, 0.717) is 46.1 Å². The highest BCUT2D eigenvalue weighted by atomic mass is 32.1. The minimum atomic E-state index is -0.975. The third-order valence-electron chi connectivity index (χ3n) is 5.91. The summed E-state index contributed by atoms with van der Waals surface area (Å²) in [5.74, 6) is -1.26. The predicted octanol–water partition coefficient (Wildman–Crippen LogP) is 5.86. The third kappa shape index (κ3) is 4.53. The Morgan fingerprint density at radius 1 is 1.00 bits per heavy atom. The summed E-state index contributed by atoms with van der Waals surface area (Å²) < 4.78 is 25.5. The summed E-state index contributed by atoms with van der Waals surface area (Å²) >= 11 is 1.09. The fourth-order valence-electron chi connectivity index (χ4n) is 4.31. The number of aliphatic hydroxyl groups excluding tert-OH is 1. The van der Waals surface area contributed by atoms with Gasteiger partial charge in [0.2, 0.25) is 0 Å². The van der Waals surface area contributed by atoms with E-state index in [1.807, 2.05) is 13.8 Å². The molecule has 0 radical (unpaired) electrons. The number of hydrogen-bond acceptors (Lipinski definition) is 7. The van der Waals surface area contributed by atoms with Crippen molar-refractivity contribution < 1.29 is 28.6 Å². The average molecular weight is 519 g/mol. The zero-order valence-corrected chi connectivity index (χ0v) is 20.9. The molecule has 4 aromatic rings. The number of carbonyl (C=O) groups is 2. The predicted molar refractivity (Wildman–Crippen MR) is 140 cm³/mol. The lowest BCUT2D eigenvalue weighted by Crippen LogP contribution is -2.29. The Kier molecular flexibility index (Phi) is 6.62. The molecule has 1 aromatic heterocycles. The van der Waals surface area contributed by atoms with Gasteiger partial charge in [0, 0.05) is 5.56 Å². The molecule has 1 aliphatic heterocycles. The summed E-state index contributed by atoms with van der Waals surface area (Å²) in [5, 5.41) is 11.5. The van der Waals surface area contributed by atoms with Gasteiger partial charge in [-0.15, -0.1) is 0 Å². The van der Waals surface area contributed by atoms with Crippen molar-refractivity contribution in [3.05, 3.63) is 89.2 Å². The Morgan fingerprint density at radius 2 is 1.73 bits per heavy atom. The van der Waals surface area contributed by atoms with Crippen molar-refractivity contribution in [2.24, 2.45) is 0 Å². The van der Waals surface area contributed by atoms with Gasteiger partial charge < -0.3 is 14.6 Å². The molecule has 37 heavy (non-hydrogen) atoms. The molecule has 0 saturated carbocycles. The fraction of sp³-hybridized carbons (Fsp3) is 0.179. The first-order chi connectivity index (χ1) is 17.9. The number of aliphatic hydroxyl groups is 1. The second kappa shape index (κ2) is 10.0. The van der Waals surface area contributed by atoms with Gasteiger partial charge in [0.25, 0.3) is 5.78 Å². The van der Waals surface area contributed by atoms with Gasteiger partial charge in [-0.1, -0.05) is 23.5 Å². The number of ether oxygens (including phenoxy) is 2. The van der Waals surface area contributed by atoms with E-state index in [1.54, 1.807) is 48.5 Å². The first-order valence-corrected chi connectivity index (χ1v) is 12.6. The molecule has 0 bridgehead atoms. The number of halogens is 1. The van der Waals surface area contributed by atoms with Crippen LogP contribution in [-0.4, -0.2) is 35.0 Å². The third-order valence-corrected chi connectivity index (χ3v) is 6.93. The summed E-state index contributed by atoms with van der Waals surface area (Å²) in [7, 11) is 0. The Morgan fingerprint density at radius 3 is 2.46 bits per heavy atom. The molecule has 0 spiro atoms. The molecule has 1 N–H and O–H groups in total. The number of ketones is 1. The highest BCUT2D eigenvalue weighted by Gasteiger charge is 2.48. The van der Waals surface area contributed by atoms with E-state index in [-0.39, 0.29) is 16.5 Å². The summed E-state index contributed by atoms with van der Waals surface area (Å²) in [6.07, 6.45) is 0. The summed E-state index contributed by atoms with van der Waals surface area (Å²) in [6.45, 7) is 4.63. The second-order valence-corrected chi connectivity index (χ2v) is 9.25. The summed E-state index contributed by atoms with van der Waals surface area (Å²) in [6, 6.07) is 16.8. The van der Waals surface area contributed by atoms with Crippen LogP contribution < -0.4 is 14.4 Å². The lowest BCUT2D eigenvalue weighted by Gasteiger charge is -2.23. The Labute approximate surface area is 216 Å². The van der Waals surface area contributed by atoms with E-state index in [9.17, 15) is 19.1 Å². The molecule has 3 aromatic carbocycles. The Balaban J connectivity index is 1.69. The molecule has 0 aliphatic carbocycles. The van der Waals surface area contributed by atoms with Crippen molar-refractivity contribution >= 4 is 44.1 Å². The molecule has 9 heteroatoms. The number of carbonyl (C=O) groups excluding carboxylic acids is 2. The molecule has 1 saturated heterocycles. The standard InChI is InChI=1S/C28H23FN2O5S/c1-3-35-19-11-8-16(9-12-19)25(32)23-24(17-6-5-7-20(14-17)36-4-2)31(27(34)26(23)33)28-30-21-13-10-18(29)15-22(21)37-28/h5-15,24,32H,3-4H2,1-2H3/b25-23+. The van der Waals surface area contributed by atoms with E-state index in [4.69, 9.17) is 9.47 Å². The molecule has 1 fully saturated rings. The number of benzene rings is 3. The quantitative estimate of drug-likeness (QED) is 0.187. The van der Waals surface area contributed by atoms with Crippen LogP contribution in [0.25, 0.3) is 16.0 Å². The highest BCUT2D eigenvalue weighted by Crippen LogP contribution is 2.45. The van der Waals surface area contributed by atoms with Gasteiger partial charge in [0.15, 0.2) is 5.13 Å². The normalized spacial score (nSPS) is 16.9. The van der Waals surface area contributed by atoms with Crippen molar-refractivity contribution in [1.82, 2.24) is 4.98 Å². The van der Waals surface area contributed by atoms with Crippen LogP contribution >= 0.6 is 11.3 Å². The van der Waals surface area contributed by atoms with E-state index in [0.717, 1.165) is 11.3 Å². The molecule has 188 valence electrons. The zero-order chi connectivity index (χ0) is 26.1. The number of anilines is 1. The highest BCUT2D eigenvalue weighted by molar-refractivity contribution is 7.22. The van der Waals surface area contributed by atoms with E-state index < -0.39 is 23.5 Å². The monoisotopic (exact) mass is 518 g/mol. The number of rotatable bonds is 7. The van der Waals surface area contributed by atoms with Crippen molar-refractivity contribution in [2.75, 3.05) is 18.1 Å². The van der Waals surface area contributed by atoms with Crippen molar-refractivity contribution in [2.45, 2.75) is 19.9 Å². The average Bonchev–Trinajstić information content (AvgIpc) is 3.42. The zero-order valence-electron chi connectivity index (χ0n) is 20.1. The van der Waals surface area contributed by atoms with Gasteiger partial charge in [0.05, 0.1) is 35.0 Å². The lowest BCUT2D eigenvalue weighted by molar-refractivity contribution is -0.132. The van der Waals surface area contributed by atoms with Crippen molar-refractivity contribution in [3.63, 3.8) is 0 Å². The van der Waals surface area contributed by atoms with Crippen molar-refractivity contribution in [1.29, 1.82) is 0 Å². The Bertz CT molecular complexity index is 1530. The number of aromatic nitrogens is 1. The number of fused-ring (bicyclic) bond motifs is 1. The lowest BCUT2D eigenvalue weighted by atomic mass is 9.95. The molecule has 1 aliphatic rings. The SMILES string of the molecule is CCOc1ccc(/C(O)=C2\C(=O)C(=O)N(c3nc4ccc(F)cc4s3)C2c2cccc(OCC)c2)cc1. The van der Waals surface area contributed by atoms with Crippen LogP contribution in [0.15, 0.2) is 72.3 Å². The Hall–Kier alpha value is -4.24. The van der Waals surface area contributed by atoms with Crippen LogP contribution in [0.5, 0.6) is 11.5 Å². The second-order valence-electron chi connectivity index (χ2n) is 8.24. The molecule has 1 atom stereocenters. The van der Waals surface area contributed by atoms with Crippen LogP contribution in [0.4, 0.5) is 9.52 Å². The van der Waals surface area contributed by atoms with Gasteiger partial charge in [-0.2, -0.15) is 0 Å². The molecular formula is C28H23FN2O5S. The van der Waals surface area contributed by atoms with Gasteiger partial charge in [-0.3, -0.25) is 14.5 Å². The number of nitrogens with zero attached hydrogens (tertiary/aromatic N) is 2. The van der Waals surface area contributed by atoms with E-state index in [2.05, 4.69) is 4.98 Å². The fourth-order valence-corrected chi connectivity index (χ4v) is 5.32. The molecule has 1 unspecified atom stereocenters. The largest absolute Gasteiger partial charge is 0.507 e. The molecule has 7 nitrogen and oxygen atoms in total. The first-order valence-electron chi connectivity index (χ1n) is 11.7. The first kappa shape index (κ1) is 24.5. The smallest absolute Gasteiger partial charge is 0.301 e. The number of Topliss-reactive ketones (excluding diaryl/α,β-unsaturated/α-hetero) is 1. The molecule has 5 rings (SSSR count). The summed E-state index contributed by atoms with van der Waals surface area (Å²) in [5.41, 5.74) is 1.34. The van der Waals surface area contributed by atoms with E-state index in [1.165, 1.54) is 23.1 Å². The number of thiazole rings is 1. The molecular weight excluding hydrogens is 495 g/mol. The van der Waals surface area contributed by atoms with E-state index >= 15 is 0 Å². The maximum Gasteiger partial charge on any atom is 0.301 e. The van der Waals surface area contributed by atoms with Crippen LogP contribution in [-0.2, 0) is 9.59 Å². The van der Waals surface area contributed by atoms with Gasteiger partial charge in [0.1, 0.15) is 23.1 Å². The van der Waals surface area contributed by atoms with Crippen LogP contribution in [0.1, 0.15) is 31.0 Å². The minimum absolute atomic E-state index is 0.0757. The minimum Gasteiger partial charge on any atom is -0.507 e. The van der Waals surface area contributed by atoms with Crippen LogP contribution in [0.2, 0.25) is 0 Å². The summed E-state index contributed by atoms with van der Waals surface area (Å²) in [4.78, 5) is 32.6. The van der Waals surface area contributed by atoms with Gasteiger partial charge >= 0.3 is 5.91 Å². The number of hydrogen-bond donors (Lipinski definition) is 1. The van der Waals surface area contributed by atoms with Crippen LogP contribution in [0, 0.1) is 5.82 Å². The van der Waals surface area contributed by atoms with Crippen LogP contribution in [0.3, 0.4) is 0 Å². The maximum absolute atomic E-state index is 13.8.